The lowest BCUT2D eigenvalue weighted by atomic mass is 9.86. The molecule has 3 aromatic carbocycles. The zero-order chi connectivity index (χ0) is 38.9. The molecule has 0 aliphatic rings. The van der Waals surface area contributed by atoms with Crippen molar-refractivity contribution in [2.75, 3.05) is 46.3 Å². The van der Waals surface area contributed by atoms with Crippen molar-refractivity contribution in [1.82, 2.24) is 4.98 Å². The topological polar surface area (TPSA) is 204 Å². The number of nitrogens with two attached hydrogens (primary N) is 4. The van der Waals surface area contributed by atoms with Crippen LogP contribution in [0.5, 0.6) is 0 Å². The highest BCUT2D eigenvalue weighted by Gasteiger charge is 2.25. The van der Waals surface area contributed by atoms with Gasteiger partial charge in [-0.1, -0.05) is 53.7 Å². The predicted molar refractivity (Wildman–Crippen MR) is 221 cm³/mol. The fourth-order valence-electron chi connectivity index (χ4n) is 5.34. The summed E-state index contributed by atoms with van der Waals surface area (Å²) >= 11 is 2.90. The average molecular weight is 757 g/mol. The van der Waals surface area contributed by atoms with Gasteiger partial charge in [-0.3, -0.25) is 19.4 Å². The number of thioether (sulfide) groups is 2. The van der Waals surface area contributed by atoms with Crippen LogP contribution in [-0.4, -0.2) is 53.3 Å². The monoisotopic (exact) mass is 756 g/mol. The summed E-state index contributed by atoms with van der Waals surface area (Å²) in [6.07, 6.45) is 3.65. The lowest BCUT2D eigenvalue weighted by molar-refractivity contribution is -0.117. The Labute approximate surface area is 321 Å². The highest BCUT2D eigenvalue weighted by Crippen LogP contribution is 2.40. The Balaban J connectivity index is 1.65. The van der Waals surface area contributed by atoms with Gasteiger partial charge in [-0.25, -0.2) is 0 Å². The van der Waals surface area contributed by atoms with Crippen LogP contribution < -0.4 is 38.9 Å². The summed E-state index contributed by atoms with van der Waals surface area (Å²) in [4.78, 5) is 46.6. The fourth-order valence-corrected chi connectivity index (χ4v) is 7.01. The normalized spacial score (nSPS) is 12.2. The van der Waals surface area contributed by atoms with Crippen LogP contribution in [0.15, 0.2) is 82.8 Å². The lowest BCUT2D eigenvalue weighted by Gasteiger charge is -2.25. The number of hydrogen-bond donors (Lipinski definition) is 7. The van der Waals surface area contributed by atoms with Crippen LogP contribution in [0.3, 0.4) is 0 Å². The van der Waals surface area contributed by atoms with E-state index >= 15 is 0 Å². The van der Waals surface area contributed by atoms with Gasteiger partial charge in [-0.05, 0) is 82.5 Å². The molecule has 0 aliphatic carbocycles. The van der Waals surface area contributed by atoms with Crippen molar-refractivity contribution >= 4 is 64.0 Å². The molecule has 0 fully saturated rings. The van der Waals surface area contributed by atoms with E-state index in [4.69, 9.17) is 22.9 Å². The number of benzene rings is 3. The summed E-state index contributed by atoms with van der Waals surface area (Å²) in [5, 5.41) is 9.10. The first-order valence-corrected chi connectivity index (χ1v) is 19.4. The van der Waals surface area contributed by atoms with Crippen molar-refractivity contribution in [2.24, 2.45) is 17.2 Å². The number of aromatic nitrogens is 1. The first-order valence-electron chi connectivity index (χ1n) is 17.5. The maximum atomic E-state index is 13.9. The standard InChI is InChI=1S/C40H52N8O3S2/c1-39(2,3)27-19-29(43)34(52-15-12-41)31(20-27)46-36(49)25-10-7-11-26(18-25)37(50)47-32-21-28(40(4,5)6)22-33(35(32)53-16-13-42)48-38(51)30(44)17-24-9-8-14-45-23-24/h7-11,14,18-23,30H,12-13,15-17,41-44H2,1-6H3,(H,46,49)(H,47,50)(H,48,51)/t30-/m1/s1. The molecule has 11 nitrogen and oxygen atoms in total. The second kappa shape index (κ2) is 18.1. The second-order valence-electron chi connectivity index (χ2n) is 14.8. The van der Waals surface area contributed by atoms with Crippen molar-refractivity contribution in [2.45, 2.75) is 74.6 Å². The number of nitrogen functional groups attached to an aromatic ring is 1. The first kappa shape index (κ1) is 41.4. The third-order valence-corrected chi connectivity index (χ3v) is 10.7. The summed E-state index contributed by atoms with van der Waals surface area (Å²) in [6.45, 7) is 13.2. The smallest absolute Gasteiger partial charge is 0.255 e. The Bertz CT molecular complexity index is 1920. The molecule has 11 N–H and O–H groups in total. The number of pyridine rings is 1. The van der Waals surface area contributed by atoms with Gasteiger partial charge in [0.2, 0.25) is 5.91 Å². The Morgan fingerprint density at radius 1 is 0.717 bits per heavy atom. The molecule has 0 saturated heterocycles. The van der Waals surface area contributed by atoms with E-state index in [1.54, 1.807) is 42.7 Å². The molecule has 0 radical (unpaired) electrons. The van der Waals surface area contributed by atoms with E-state index in [1.165, 1.54) is 23.5 Å². The van der Waals surface area contributed by atoms with Crippen molar-refractivity contribution < 1.29 is 14.4 Å². The molecule has 13 heteroatoms. The molecule has 282 valence electrons. The van der Waals surface area contributed by atoms with Crippen molar-refractivity contribution in [1.29, 1.82) is 0 Å². The molecule has 4 aromatic rings. The van der Waals surface area contributed by atoms with Crippen LogP contribution in [-0.2, 0) is 22.0 Å². The molecule has 53 heavy (non-hydrogen) atoms. The number of carbonyl (C=O) groups excluding carboxylic acids is 3. The Morgan fingerprint density at radius 2 is 1.23 bits per heavy atom. The molecule has 0 bridgehead atoms. The van der Waals surface area contributed by atoms with E-state index in [2.05, 4.69) is 41.7 Å². The number of rotatable bonds is 14. The highest BCUT2D eigenvalue weighted by molar-refractivity contribution is 7.99. The fraction of sp³-hybridized carbons (Fsp3) is 0.350. The molecule has 4 rings (SSSR count). The van der Waals surface area contributed by atoms with E-state index in [1.807, 2.05) is 51.1 Å². The molecular formula is C40H52N8O3S2. The number of hydrogen-bond acceptors (Lipinski definition) is 10. The van der Waals surface area contributed by atoms with Gasteiger partial charge in [0.1, 0.15) is 0 Å². The predicted octanol–water partition coefficient (Wildman–Crippen LogP) is 6.37. The molecule has 1 heterocycles. The third kappa shape index (κ3) is 11.3. The number of nitrogens with one attached hydrogen (secondary N) is 3. The quantitative estimate of drug-likeness (QED) is 0.0559. The van der Waals surface area contributed by atoms with E-state index < -0.39 is 11.9 Å². The molecule has 1 aromatic heterocycles. The molecular weight excluding hydrogens is 705 g/mol. The summed E-state index contributed by atoms with van der Waals surface area (Å²) in [5.41, 5.74) is 29.4. The van der Waals surface area contributed by atoms with Crippen LogP contribution in [0.1, 0.15) is 78.9 Å². The van der Waals surface area contributed by atoms with Crippen LogP contribution >= 0.6 is 23.5 Å². The number of nitrogens with zero attached hydrogens (tertiary/aromatic N) is 1. The van der Waals surface area contributed by atoms with Crippen molar-refractivity contribution in [3.8, 4) is 0 Å². The highest BCUT2D eigenvalue weighted by atomic mass is 32.2. The van der Waals surface area contributed by atoms with Gasteiger partial charge >= 0.3 is 0 Å². The second-order valence-corrected chi connectivity index (χ2v) is 17.0. The van der Waals surface area contributed by atoms with Gasteiger partial charge < -0.3 is 38.9 Å². The number of anilines is 4. The van der Waals surface area contributed by atoms with Gasteiger partial charge in [0.05, 0.1) is 32.9 Å². The summed E-state index contributed by atoms with van der Waals surface area (Å²) in [5.74, 6) is -0.0247. The van der Waals surface area contributed by atoms with Crippen molar-refractivity contribution in [3.05, 3.63) is 101 Å². The molecule has 0 unspecified atom stereocenters. The van der Waals surface area contributed by atoms with Crippen LogP contribution in [0.2, 0.25) is 0 Å². The molecule has 0 saturated carbocycles. The minimum absolute atomic E-state index is 0.206. The first-order chi connectivity index (χ1) is 25.0. The van der Waals surface area contributed by atoms with Crippen LogP contribution in [0, 0.1) is 0 Å². The zero-order valence-electron chi connectivity index (χ0n) is 31.3. The molecule has 0 spiro atoms. The van der Waals surface area contributed by atoms with E-state index in [0.717, 1.165) is 21.6 Å². The third-order valence-electron chi connectivity index (χ3n) is 8.32. The van der Waals surface area contributed by atoms with Crippen LogP contribution in [0.4, 0.5) is 22.7 Å². The lowest BCUT2D eigenvalue weighted by Crippen LogP contribution is -2.37. The zero-order valence-corrected chi connectivity index (χ0v) is 33.0. The summed E-state index contributed by atoms with van der Waals surface area (Å²) < 4.78 is 0. The Kier molecular flexibility index (Phi) is 14.1. The van der Waals surface area contributed by atoms with Crippen molar-refractivity contribution in [3.63, 3.8) is 0 Å². The number of carbonyl (C=O) groups is 3. The van der Waals surface area contributed by atoms with Gasteiger partial charge in [0, 0.05) is 53.8 Å². The van der Waals surface area contributed by atoms with E-state index in [0.29, 0.717) is 64.2 Å². The maximum Gasteiger partial charge on any atom is 0.255 e. The maximum absolute atomic E-state index is 13.9. The largest absolute Gasteiger partial charge is 0.398 e. The van der Waals surface area contributed by atoms with Gasteiger partial charge in [-0.15, -0.1) is 23.5 Å². The van der Waals surface area contributed by atoms with E-state index in [-0.39, 0.29) is 28.2 Å². The SMILES string of the molecule is CC(C)(C)c1cc(N)c(SCCN)c(NC(=O)c2cccc(C(=O)Nc3cc(C(C)(C)C)cc(NC(=O)[C@H](N)Cc4cccnc4)c3SCCN)c2)c1. The minimum Gasteiger partial charge on any atom is -0.398 e. The van der Waals surface area contributed by atoms with Crippen LogP contribution in [0.25, 0.3) is 0 Å². The molecule has 3 amide bonds. The Hall–Kier alpha value is -4.40. The minimum atomic E-state index is -0.834. The molecule has 0 aliphatic heterocycles. The average Bonchev–Trinajstić information content (AvgIpc) is 3.10. The summed E-state index contributed by atoms with van der Waals surface area (Å²) in [7, 11) is 0. The molecule has 1 atom stereocenters. The number of amides is 3. The summed E-state index contributed by atoms with van der Waals surface area (Å²) in [6, 6.07) is 17.0. The van der Waals surface area contributed by atoms with Gasteiger partial charge in [-0.2, -0.15) is 0 Å². The Morgan fingerprint density at radius 3 is 1.74 bits per heavy atom. The van der Waals surface area contributed by atoms with E-state index in [9.17, 15) is 14.4 Å². The van der Waals surface area contributed by atoms with Gasteiger partial charge in [0.25, 0.3) is 11.8 Å². The van der Waals surface area contributed by atoms with Gasteiger partial charge in [0.15, 0.2) is 0 Å².